The molecule has 0 bridgehead atoms. The normalized spacial score (nSPS) is 10.5. The van der Waals surface area contributed by atoms with Crippen molar-refractivity contribution in [2.24, 2.45) is 0 Å². The van der Waals surface area contributed by atoms with E-state index in [1.165, 1.54) is 22.3 Å². The molecule has 0 aliphatic heterocycles. The first-order valence-corrected chi connectivity index (χ1v) is 8.57. The molecule has 2 aromatic carbocycles. The standard InChI is InChI=1S/C23H27N/c1-4-24(18-12-11-13-20(2)3)19-23(21-14-7-5-8-15-21)22-16-9-6-10-17-22/h5-17,19H,4,18H2,1-3H3. The van der Waals surface area contributed by atoms with Crippen molar-refractivity contribution in [2.45, 2.75) is 20.8 Å². The van der Waals surface area contributed by atoms with Crippen molar-refractivity contribution in [1.29, 1.82) is 0 Å². The first-order chi connectivity index (χ1) is 11.7. The third-order valence-corrected chi connectivity index (χ3v) is 3.79. The van der Waals surface area contributed by atoms with E-state index in [1.54, 1.807) is 0 Å². The minimum absolute atomic E-state index is 0.906. The van der Waals surface area contributed by atoms with Crippen LogP contribution in [0.1, 0.15) is 31.9 Å². The highest BCUT2D eigenvalue weighted by atomic mass is 15.1. The highest BCUT2D eigenvalue weighted by Gasteiger charge is 2.06. The van der Waals surface area contributed by atoms with Crippen LogP contribution in [0.2, 0.25) is 0 Å². The summed E-state index contributed by atoms with van der Waals surface area (Å²) >= 11 is 0. The Bertz CT molecular complexity index is 648. The molecule has 1 heteroatoms. The summed E-state index contributed by atoms with van der Waals surface area (Å²) in [5, 5.41) is 0. The molecule has 0 fully saturated rings. The first kappa shape index (κ1) is 17.8. The summed E-state index contributed by atoms with van der Waals surface area (Å²) < 4.78 is 0. The smallest absolute Gasteiger partial charge is 0.0357 e. The van der Waals surface area contributed by atoms with E-state index in [2.05, 4.69) is 111 Å². The van der Waals surface area contributed by atoms with Crippen LogP contribution in [-0.2, 0) is 0 Å². The molecule has 0 aromatic heterocycles. The molecule has 0 spiro atoms. The quantitative estimate of drug-likeness (QED) is 0.573. The van der Waals surface area contributed by atoms with Crippen LogP contribution in [0.4, 0.5) is 0 Å². The van der Waals surface area contributed by atoms with Crippen molar-refractivity contribution in [3.63, 3.8) is 0 Å². The maximum atomic E-state index is 2.34. The van der Waals surface area contributed by atoms with Crippen LogP contribution in [0.5, 0.6) is 0 Å². The third kappa shape index (κ3) is 5.58. The van der Waals surface area contributed by atoms with Crippen LogP contribution in [-0.4, -0.2) is 18.0 Å². The average Bonchev–Trinajstić information content (AvgIpc) is 2.62. The van der Waals surface area contributed by atoms with Gasteiger partial charge in [-0.1, -0.05) is 84.5 Å². The maximum Gasteiger partial charge on any atom is 0.0357 e. The molecule has 124 valence electrons. The van der Waals surface area contributed by atoms with Gasteiger partial charge in [0.15, 0.2) is 0 Å². The Morgan fingerprint density at radius 1 is 0.875 bits per heavy atom. The zero-order valence-corrected chi connectivity index (χ0v) is 14.9. The van der Waals surface area contributed by atoms with Gasteiger partial charge in [0.1, 0.15) is 0 Å². The van der Waals surface area contributed by atoms with Gasteiger partial charge in [-0.2, -0.15) is 0 Å². The van der Waals surface area contributed by atoms with Crippen molar-refractivity contribution in [3.05, 3.63) is 102 Å². The van der Waals surface area contributed by atoms with Crippen molar-refractivity contribution in [2.75, 3.05) is 13.1 Å². The minimum Gasteiger partial charge on any atom is -0.373 e. The number of hydrogen-bond acceptors (Lipinski definition) is 1. The van der Waals surface area contributed by atoms with E-state index >= 15 is 0 Å². The van der Waals surface area contributed by atoms with E-state index in [0.717, 1.165) is 13.1 Å². The summed E-state index contributed by atoms with van der Waals surface area (Å²) in [7, 11) is 0. The molecule has 0 amide bonds. The van der Waals surface area contributed by atoms with E-state index in [1.807, 2.05) is 0 Å². The monoisotopic (exact) mass is 317 g/mol. The lowest BCUT2D eigenvalue weighted by Crippen LogP contribution is -2.17. The van der Waals surface area contributed by atoms with E-state index in [-0.39, 0.29) is 0 Å². The van der Waals surface area contributed by atoms with Crippen molar-refractivity contribution >= 4 is 5.57 Å². The summed E-state index contributed by atoms with van der Waals surface area (Å²) in [4.78, 5) is 2.34. The van der Waals surface area contributed by atoms with E-state index in [4.69, 9.17) is 0 Å². The van der Waals surface area contributed by atoms with E-state index in [9.17, 15) is 0 Å². The molecular formula is C23H27N. The van der Waals surface area contributed by atoms with Gasteiger partial charge in [0, 0.05) is 24.9 Å². The predicted octanol–water partition coefficient (Wildman–Crippen LogP) is 5.92. The predicted molar refractivity (Wildman–Crippen MR) is 106 cm³/mol. The molecule has 0 saturated heterocycles. The van der Waals surface area contributed by atoms with Crippen LogP contribution in [0.15, 0.2) is 90.7 Å². The largest absolute Gasteiger partial charge is 0.373 e. The zero-order chi connectivity index (χ0) is 17.2. The topological polar surface area (TPSA) is 3.24 Å². The second kappa shape index (κ2) is 9.57. The molecule has 0 atom stereocenters. The summed E-state index contributed by atoms with van der Waals surface area (Å²) in [5.74, 6) is 0. The fourth-order valence-corrected chi connectivity index (χ4v) is 2.46. The van der Waals surface area contributed by atoms with Gasteiger partial charge in [-0.15, -0.1) is 0 Å². The number of benzene rings is 2. The SMILES string of the molecule is CCN(C=C(c1ccccc1)c1ccccc1)CC=CC=C(C)C. The maximum absolute atomic E-state index is 2.34. The van der Waals surface area contributed by atoms with Crippen molar-refractivity contribution in [1.82, 2.24) is 4.90 Å². The molecular weight excluding hydrogens is 290 g/mol. The molecule has 0 aliphatic carbocycles. The van der Waals surface area contributed by atoms with Crippen molar-refractivity contribution < 1.29 is 0 Å². The fourth-order valence-electron chi connectivity index (χ4n) is 2.46. The lowest BCUT2D eigenvalue weighted by Gasteiger charge is -2.19. The van der Waals surface area contributed by atoms with Crippen LogP contribution < -0.4 is 0 Å². The lowest BCUT2D eigenvalue weighted by molar-refractivity contribution is 0.441. The van der Waals surface area contributed by atoms with Gasteiger partial charge in [0.25, 0.3) is 0 Å². The number of hydrogen-bond donors (Lipinski definition) is 0. The Morgan fingerprint density at radius 2 is 1.42 bits per heavy atom. The van der Waals surface area contributed by atoms with Crippen LogP contribution in [0.25, 0.3) is 5.57 Å². The molecule has 2 rings (SSSR count). The Kier molecular flexibility index (Phi) is 7.10. The fraction of sp³-hybridized carbons (Fsp3) is 0.217. The molecule has 0 N–H and O–H groups in total. The average molecular weight is 317 g/mol. The highest BCUT2D eigenvalue weighted by molar-refractivity contribution is 5.79. The Labute approximate surface area is 146 Å². The Hall–Kier alpha value is -2.54. The zero-order valence-electron chi connectivity index (χ0n) is 14.9. The van der Waals surface area contributed by atoms with Gasteiger partial charge in [-0.05, 0) is 31.9 Å². The third-order valence-electron chi connectivity index (χ3n) is 3.79. The molecule has 0 saturated carbocycles. The summed E-state index contributed by atoms with van der Waals surface area (Å²) in [5.41, 5.74) is 5.07. The van der Waals surface area contributed by atoms with E-state index in [0.29, 0.717) is 0 Å². The molecule has 2 aromatic rings. The minimum atomic E-state index is 0.906. The van der Waals surface area contributed by atoms with E-state index < -0.39 is 0 Å². The summed E-state index contributed by atoms with van der Waals surface area (Å²) in [6, 6.07) is 21.2. The second-order valence-electron chi connectivity index (χ2n) is 6.03. The molecule has 0 unspecified atom stereocenters. The van der Waals surface area contributed by atoms with Gasteiger partial charge in [0.2, 0.25) is 0 Å². The van der Waals surface area contributed by atoms with Crippen molar-refractivity contribution in [3.8, 4) is 0 Å². The Balaban J connectivity index is 2.29. The molecule has 24 heavy (non-hydrogen) atoms. The Morgan fingerprint density at radius 3 is 1.88 bits per heavy atom. The first-order valence-electron chi connectivity index (χ1n) is 8.57. The van der Waals surface area contributed by atoms with Gasteiger partial charge in [0.05, 0.1) is 0 Å². The lowest BCUT2D eigenvalue weighted by atomic mass is 9.99. The van der Waals surface area contributed by atoms with Gasteiger partial charge >= 0.3 is 0 Å². The summed E-state index contributed by atoms with van der Waals surface area (Å²) in [6.07, 6.45) is 8.77. The van der Waals surface area contributed by atoms with Crippen LogP contribution in [0, 0.1) is 0 Å². The number of nitrogens with zero attached hydrogens (tertiary/aromatic N) is 1. The number of rotatable bonds is 7. The van der Waals surface area contributed by atoms with Crippen LogP contribution in [0.3, 0.4) is 0 Å². The molecule has 0 radical (unpaired) electrons. The van der Waals surface area contributed by atoms with Crippen LogP contribution >= 0.6 is 0 Å². The second-order valence-corrected chi connectivity index (χ2v) is 6.03. The number of likely N-dealkylation sites (N-methyl/N-ethyl adjacent to an activating group) is 1. The van der Waals surface area contributed by atoms with Gasteiger partial charge in [-0.25, -0.2) is 0 Å². The van der Waals surface area contributed by atoms with Gasteiger partial charge < -0.3 is 4.90 Å². The molecule has 1 nitrogen and oxygen atoms in total. The molecule has 0 heterocycles. The molecule has 0 aliphatic rings. The number of allylic oxidation sites excluding steroid dienone is 3. The van der Waals surface area contributed by atoms with Gasteiger partial charge in [-0.3, -0.25) is 0 Å². The summed E-state index contributed by atoms with van der Waals surface area (Å²) in [6.45, 7) is 8.31. The highest BCUT2D eigenvalue weighted by Crippen LogP contribution is 2.23.